The van der Waals surface area contributed by atoms with Gasteiger partial charge in [0.1, 0.15) is 0 Å². The van der Waals surface area contributed by atoms with Crippen LogP contribution in [-0.2, 0) is 0 Å². The molecule has 0 saturated carbocycles. The Bertz CT molecular complexity index is 543. The number of hydrogen-bond donors (Lipinski definition) is 1. The van der Waals surface area contributed by atoms with Crippen molar-refractivity contribution >= 4 is 0 Å². The van der Waals surface area contributed by atoms with Crippen LogP contribution in [0.25, 0.3) is 0 Å². The second-order valence-corrected chi connectivity index (χ2v) is 4.98. The Morgan fingerprint density at radius 3 is 2.17 bits per heavy atom. The van der Waals surface area contributed by atoms with Gasteiger partial charge in [-0.3, -0.25) is 0 Å². The predicted molar refractivity (Wildman–Crippen MR) is 78.0 cm³/mol. The third kappa shape index (κ3) is 2.62. The summed E-state index contributed by atoms with van der Waals surface area (Å²) in [6.45, 7) is 6.46. The van der Waals surface area contributed by atoms with Crippen LogP contribution in [0.15, 0.2) is 42.5 Å². The monoisotopic (exact) mass is 239 g/mol. The summed E-state index contributed by atoms with van der Waals surface area (Å²) < 4.78 is 0. The van der Waals surface area contributed by atoms with E-state index in [1.165, 1.54) is 27.8 Å². The molecule has 0 aromatic heterocycles. The quantitative estimate of drug-likeness (QED) is 0.856. The first-order valence-electron chi connectivity index (χ1n) is 6.43. The first kappa shape index (κ1) is 12.8. The number of aryl methyl sites for hydroxylation is 3. The Morgan fingerprint density at radius 2 is 1.56 bits per heavy atom. The van der Waals surface area contributed by atoms with Gasteiger partial charge in [-0.15, -0.1) is 0 Å². The van der Waals surface area contributed by atoms with Gasteiger partial charge in [0.2, 0.25) is 0 Å². The molecule has 2 aromatic rings. The average Bonchev–Trinajstić information content (AvgIpc) is 2.35. The van der Waals surface area contributed by atoms with E-state index in [-0.39, 0.29) is 6.04 Å². The van der Waals surface area contributed by atoms with Crippen LogP contribution >= 0.6 is 0 Å². The number of rotatable bonds is 3. The van der Waals surface area contributed by atoms with E-state index in [0.29, 0.717) is 0 Å². The van der Waals surface area contributed by atoms with E-state index in [1.54, 1.807) is 0 Å². The molecule has 94 valence electrons. The van der Waals surface area contributed by atoms with E-state index < -0.39 is 0 Å². The first-order valence-corrected chi connectivity index (χ1v) is 6.43. The highest BCUT2D eigenvalue weighted by molar-refractivity contribution is 5.38. The Labute approximate surface area is 110 Å². The van der Waals surface area contributed by atoms with E-state index in [0.717, 1.165) is 0 Å². The second kappa shape index (κ2) is 5.36. The predicted octanol–water partition coefficient (Wildman–Crippen LogP) is 3.92. The fraction of sp³-hybridized carbons (Fsp3) is 0.294. The van der Waals surface area contributed by atoms with Gasteiger partial charge in [0.05, 0.1) is 6.04 Å². The smallest absolute Gasteiger partial charge is 0.0574 e. The molecule has 0 aliphatic rings. The lowest BCUT2D eigenvalue weighted by Gasteiger charge is -2.19. The van der Waals surface area contributed by atoms with Crippen LogP contribution in [0.4, 0.5) is 0 Å². The summed E-state index contributed by atoms with van der Waals surface area (Å²) in [5, 5.41) is 3.41. The van der Waals surface area contributed by atoms with Gasteiger partial charge in [-0.25, -0.2) is 0 Å². The minimum absolute atomic E-state index is 0.268. The normalized spacial score (nSPS) is 12.4. The van der Waals surface area contributed by atoms with Gasteiger partial charge in [-0.05, 0) is 50.1 Å². The van der Waals surface area contributed by atoms with Crippen molar-refractivity contribution in [1.29, 1.82) is 0 Å². The van der Waals surface area contributed by atoms with E-state index in [1.807, 2.05) is 7.05 Å². The van der Waals surface area contributed by atoms with Gasteiger partial charge >= 0.3 is 0 Å². The van der Waals surface area contributed by atoms with Crippen molar-refractivity contribution in [3.05, 3.63) is 70.3 Å². The van der Waals surface area contributed by atoms with Gasteiger partial charge in [0, 0.05) is 0 Å². The van der Waals surface area contributed by atoms with Crippen LogP contribution in [0.2, 0.25) is 0 Å². The van der Waals surface area contributed by atoms with E-state index in [2.05, 4.69) is 68.6 Å². The lowest BCUT2D eigenvalue weighted by atomic mass is 9.95. The Balaban J connectivity index is 2.42. The molecule has 0 bridgehead atoms. The third-order valence-electron chi connectivity index (χ3n) is 3.53. The Hall–Kier alpha value is -1.60. The van der Waals surface area contributed by atoms with Gasteiger partial charge in [-0.2, -0.15) is 0 Å². The van der Waals surface area contributed by atoms with Crippen LogP contribution in [0.5, 0.6) is 0 Å². The first-order chi connectivity index (χ1) is 8.61. The highest BCUT2D eigenvalue weighted by Gasteiger charge is 2.12. The summed E-state index contributed by atoms with van der Waals surface area (Å²) in [6, 6.07) is 15.6. The van der Waals surface area contributed by atoms with E-state index in [4.69, 9.17) is 0 Å². The van der Waals surface area contributed by atoms with Crippen molar-refractivity contribution in [3.63, 3.8) is 0 Å². The molecule has 0 heterocycles. The van der Waals surface area contributed by atoms with Gasteiger partial charge in [0.25, 0.3) is 0 Å². The zero-order valence-electron chi connectivity index (χ0n) is 11.6. The maximum absolute atomic E-state index is 3.41. The van der Waals surface area contributed by atoms with Crippen LogP contribution in [0.1, 0.15) is 33.9 Å². The zero-order chi connectivity index (χ0) is 13.1. The molecule has 0 amide bonds. The molecule has 0 saturated heterocycles. The molecule has 1 N–H and O–H groups in total. The molecule has 2 aromatic carbocycles. The molecule has 0 radical (unpaired) electrons. The van der Waals surface area contributed by atoms with Crippen LogP contribution < -0.4 is 5.32 Å². The fourth-order valence-electron chi connectivity index (χ4n) is 2.32. The topological polar surface area (TPSA) is 12.0 Å². The summed E-state index contributed by atoms with van der Waals surface area (Å²) in [6.07, 6.45) is 0. The van der Waals surface area contributed by atoms with Crippen LogP contribution in [0.3, 0.4) is 0 Å². The molecule has 0 aliphatic carbocycles. The fourth-order valence-corrected chi connectivity index (χ4v) is 2.32. The maximum atomic E-state index is 3.41. The number of benzene rings is 2. The highest BCUT2D eigenvalue weighted by Crippen LogP contribution is 2.24. The molecule has 2 rings (SSSR count). The summed E-state index contributed by atoms with van der Waals surface area (Å²) >= 11 is 0. The van der Waals surface area contributed by atoms with Crippen molar-refractivity contribution in [2.24, 2.45) is 0 Å². The number of hydrogen-bond acceptors (Lipinski definition) is 1. The Morgan fingerprint density at radius 1 is 0.833 bits per heavy atom. The SMILES string of the molecule is CNC(c1cccc(C)c1)c1ccc(C)c(C)c1. The van der Waals surface area contributed by atoms with Crippen molar-refractivity contribution in [2.75, 3.05) is 7.05 Å². The second-order valence-electron chi connectivity index (χ2n) is 4.98. The molecule has 1 atom stereocenters. The van der Waals surface area contributed by atoms with Crippen molar-refractivity contribution in [2.45, 2.75) is 26.8 Å². The van der Waals surface area contributed by atoms with Crippen molar-refractivity contribution in [1.82, 2.24) is 5.32 Å². The maximum Gasteiger partial charge on any atom is 0.0574 e. The average molecular weight is 239 g/mol. The summed E-state index contributed by atoms with van der Waals surface area (Å²) in [7, 11) is 2.02. The van der Waals surface area contributed by atoms with E-state index >= 15 is 0 Å². The van der Waals surface area contributed by atoms with Gasteiger partial charge in [0.15, 0.2) is 0 Å². The minimum Gasteiger partial charge on any atom is -0.309 e. The molecule has 0 fully saturated rings. The lowest BCUT2D eigenvalue weighted by Crippen LogP contribution is -2.17. The molecule has 1 heteroatoms. The summed E-state index contributed by atoms with van der Waals surface area (Å²) in [5.74, 6) is 0. The minimum atomic E-state index is 0.268. The lowest BCUT2D eigenvalue weighted by molar-refractivity contribution is 0.690. The molecular formula is C17H21N. The van der Waals surface area contributed by atoms with Crippen molar-refractivity contribution < 1.29 is 0 Å². The van der Waals surface area contributed by atoms with E-state index in [9.17, 15) is 0 Å². The summed E-state index contributed by atoms with van der Waals surface area (Å²) in [5.41, 5.74) is 6.64. The highest BCUT2D eigenvalue weighted by atomic mass is 14.9. The molecule has 18 heavy (non-hydrogen) atoms. The van der Waals surface area contributed by atoms with Crippen LogP contribution in [-0.4, -0.2) is 7.05 Å². The number of nitrogens with one attached hydrogen (secondary N) is 1. The largest absolute Gasteiger partial charge is 0.309 e. The van der Waals surface area contributed by atoms with Gasteiger partial charge < -0.3 is 5.32 Å². The molecular weight excluding hydrogens is 218 g/mol. The van der Waals surface area contributed by atoms with Gasteiger partial charge in [-0.1, -0.05) is 48.0 Å². The standard InChI is InChI=1S/C17H21N/c1-12-6-5-7-15(10-12)17(18-4)16-9-8-13(2)14(3)11-16/h5-11,17-18H,1-4H3. The molecule has 0 spiro atoms. The molecule has 1 unspecified atom stereocenters. The third-order valence-corrected chi connectivity index (χ3v) is 3.53. The van der Waals surface area contributed by atoms with Crippen LogP contribution in [0, 0.1) is 20.8 Å². The Kier molecular flexibility index (Phi) is 3.83. The van der Waals surface area contributed by atoms with Crippen molar-refractivity contribution in [3.8, 4) is 0 Å². The molecule has 0 aliphatic heterocycles. The molecule has 1 nitrogen and oxygen atoms in total. The zero-order valence-corrected chi connectivity index (χ0v) is 11.6. The summed E-state index contributed by atoms with van der Waals surface area (Å²) in [4.78, 5) is 0.